The summed E-state index contributed by atoms with van der Waals surface area (Å²) >= 11 is 1.46. The summed E-state index contributed by atoms with van der Waals surface area (Å²) in [6, 6.07) is 15.1. The van der Waals surface area contributed by atoms with Crippen LogP contribution in [0.5, 0.6) is 5.75 Å². The molecule has 3 heterocycles. The molecule has 41 heavy (non-hydrogen) atoms. The van der Waals surface area contributed by atoms with Gasteiger partial charge in [0.2, 0.25) is 5.91 Å². The summed E-state index contributed by atoms with van der Waals surface area (Å²) in [5.41, 5.74) is 10.6. The van der Waals surface area contributed by atoms with Crippen molar-refractivity contribution in [1.82, 2.24) is 14.9 Å². The molecule has 208 valence electrons. The second-order valence-electron chi connectivity index (χ2n) is 9.24. The lowest BCUT2D eigenvalue weighted by Crippen LogP contribution is -2.23. The number of fused-ring (bicyclic) bond motifs is 2. The Kier molecular flexibility index (Phi) is 7.70. The standard InChI is InChI=1S/C30H27N5O5S/c1-35-22-6-4-3-5-18(22)13-23(35)30(39)34-21-9-7-17(14-24(21)40-2)20-16-41-28-19(15-33-29(31)27(20)28)8-10-25(36)32-12-11-26(37)38/h3-10,13-16H,11-12H2,1-2H3,(H2,31,33)(H,32,36)(H,34,39)(H,37,38)/b10-8+. The zero-order chi connectivity index (χ0) is 29.1. The number of nitrogens with zero attached hydrogens (tertiary/aromatic N) is 2. The van der Waals surface area contributed by atoms with Gasteiger partial charge in [-0.25, -0.2) is 4.98 Å². The predicted molar refractivity (Wildman–Crippen MR) is 161 cm³/mol. The van der Waals surface area contributed by atoms with Crippen LogP contribution in [0.4, 0.5) is 11.5 Å². The first kappa shape index (κ1) is 27.4. The van der Waals surface area contributed by atoms with Gasteiger partial charge in [-0.3, -0.25) is 14.4 Å². The number of aliphatic carboxylic acids is 1. The minimum Gasteiger partial charge on any atom is -0.495 e. The van der Waals surface area contributed by atoms with Crippen LogP contribution in [0, 0.1) is 0 Å². The number of carboxylic acids is 1. The highest BCUT2D eigenvalue weighted by Crippen LogP contribution is 2.41. The van der Waals surface area contributed by atoms with Crippen LogP contribution in [0.25, 0.3) is 38.2 Å². The van der Waals surface area contributed by atoms with E-state index in [-0.39, 0.29) is 18.9 Å². The maximum absolute atomic E-state index is 13.2. The number of aromatic nitrogens is 2. The molecule has 0 aliphatic heterocycles. The zero-order valence-corrected chi connectivity index (χ0v) is 23.1. The molecule has 0 saturated heterocycles. The summed E-state index contributed by atoms with van der Waals surface area (Å²) < 4.78 is 8.32. The van der Waals surface area contributed by atoms with Crippen molar-refractivity contribution in [2.24, 2.45) is 7.05 Å². The number of benzene rings is 2. The predicted octanol–water partition coefficient (Wildman–Crippen LogP) is 4.90. The van der Waals surface area contributed by atoms with Gasteiger partial charge in [0.15, 0.2) is 0 Å². The third-order valence-electron chi connectivity index (χ3n) is 6.65. The van der Waals surface area contributed by atoms with Crippen LogP contribution in [0.15, 0.2) is 66.2 Å². The van der Waals surface area contributed by atoms with Crippen LogP contribution in [-0.4, -0.2) is 46.1 Å². The normalized spacial score (nSPS) is 11.3. The first-order chi connectivity index (χ1) is 19.8. The van der Waals surface area contributed by atoms with E-state index in [1.807, 2.05) is 59.5 Å². The smallest absolute Gasteiger partial charge is 0.305 e. The number of carboxylic acid groups (broad SMARTS) is 1. The number of ether oxygens (including phenoxy) is 1. The number of para-hydroxylation sites is 1. The Morgan fingerprint density at radius 2 is 1.98 bits per heavy atom. The summed E-state index contributed by atoms with van der Waals surface area (Å²) in [6.45, 7) is 0.0390. The topological polar surface area (TPSA) is 149 Å². The molecule has 0 spiro atoms. The lowest BCUT2D eigenvalue weighted by Gasteiger charge is -2.13. The zero-order valence-electron chi connectivity index (χ0n) is 22.3. The van der Waals surface area contributed by atoms with Crippen molar-refractivity contribution in [3.05, 3.63) is 77.4 Å². The number of anilines is 2. The second kappa shape index (κ2) is 11.5. The average molecular weight is 570 g/mol. The summed E-state index contributed by atoms with van der Waals surface area (Å²) in [5.74, 6) is -0.825. The van der Waals surface area contributed by atoms with E-state index in [9.17, 15) is 14.4 Å². The minimum absolute atomic E-state index is 0.0390. The molecule has 10 nitrogen and oxygen atoms in total. The van der Waals surface area contributed by atoms with Gasteiger partial charge in [0.1, 0.15) is 17.3 Å². The van der Waals surface area contributed by atoms with Crippen LogP contribution >= 0.6 is 11.3 Å². The number of carbonyl (C=O) groups is 3. The third-order valence-corrected chi connectivity index (χ3v) is 7.68. The maximum atomic E-state index is 13.2. The van der Waals surface area contributed by atoms with Crippen molar-refractivity contribution in [2.75, 3.05) is 24.7 Å². The number of aryl methyl sites for hydroxylation is 1. The third kappa shape index (κ3) is 5.61. The van der Waals surface area contributed by atoms with Gasteiger partial charge in [-0.1, -0.05) is 24.3 Å². The lowest BCUT2D eigenvalue weighted by atomic mass is 10.0. The van der Waals surface area contributed by atoms with E-state index in [0.717, 1.165) is 32.1 Å². The molecule has 0 aliphatic carbocycles. The molecular weight excluding hydrogens is 542 g/mol. The first-order valence-corrected chi connectivity index (χ1v) is 13.5. The highest BCUT2D eigenvalue weighted by atomic mass is 32.1. The van der Waals surface area contributed by atoms with Crippen LogP contribution in [0.3, 0.4) is 0 Å². The Labute approximate surface area is 239 Å². The minimum atomic E-state index is -0.985. The van der Waals surface area contributed by atoms with E-state index in [2.05, 4.69) is 15.6 Å². The van der Waals surface area contributed by atoms with Gasteiger partial charge in [-0.2, -0.15) is 0 Å². The van der Waals surface area contributed by atoms with Crippen LogP contribution < -0.4 is 21.1 Å². The first-order valence-electron chi connectivity index (χ1n) is 12.6. The fourth-order valence-electron chi connectivity index (χ4n) is 4.59. The number of carbonyl (C=O) groups excluding carboxylic acids is 2. The van der Waals surface area contributed by atoms with Gasteiger partial charge >= 0.3 is 5.97 Å². The molecule has 2 amide bonds. The van der Waals surface area contributed by atoms with Crippen LogP contribution in [0.2, 0.25) is 0 Å². The number of nitrogen functional groups attached to an aromatic ring is 1. The molecular formula is C30H27N5O5S. The van der Waals surface area contributed by atoms with E-state index in [0.29, 0.717) is 28.5 Å². The number of amides is 2. The molecule has 5 rings (SSSR count). The fourth-order valence-corrected chi connectivity index (χ4v) is 5.67. The molecule has 0 unspecified atom stereocenters. The molecule has 0 fully saturated rings. The number of hydrogen-bond donors (Lipinski definition) is 4. The molecule has 5 N–H and O–H groups in total. The number of hydrogen-bond acceptors (Lipinski definition) is 7. The van der Waals surface area contributed by atoms with Crippen LogP contribution in [0.1, 0.15) is 22.5 Å². The molecule has 0 radical (unpaired) electrons. The number of rotatable bonds is 9. The van der Waals surface area contributed by atoms with Gasteiger partial charge in [0.05, 0.1) is 19.2 Å². The van der Waals surface area contributed by atoms with E-state index in [1.54, 1.807) is 18.3 Å². The Morgan fingerprint density at radius 3 is 2.73 bits per heavy atom. The van der Waals surface area contributed by atoms with E-state index in [4.69, 9.17) is 15.6 Å². The number of methoxy groups -OCH3 is 1. The molecule has 11 heteroatoms. The fraction of sp³-hybridized carbons (Fsp3) is 0.133. The largest absolute Gasteiger partial charge is 0.495 e. The van der Waals surface area contributed by atoms with Gasteiger partial charge < -0.3 is 30.8 Å². The van der Waals surface area contributed by atoms with E-state index < -0.39 is 11.9 Å². The molecule has 3 aromatic heterocycles. The van der Waals surface area contributed by atoms with Crippen molar-refractivity contribution in [3.8, 4) is 16.9 Å². The Bertz CT molecular complexity index is 1840. The molecule has 0 atom stereocenters. The van der Waals surface area contributed by atoms with E-state index in [1.165, 1.54) is 24.5 Å². The highest BCUT2D eigenvalue weighted by Gasteiger charge is 2.18. The van der Waals surface area contributed by atoms with Crippen molar-refractivity contribution < 1.29 is 24.2 Å². The van der Waals surface area contributed by atoms with Gasteiger partial charge in [-0.15, -0.1) is 11.3 Å². The Hall–Kier alpha value is -5.16. The average Bonchev–Trinajstić information content (AvgIpc) is 3.55. The second-order valence-corrected chi connectivity index (χ2v) is 10.1. The summed E-state index contributed by atoms with van der Waals surface area (Å²) in [6.07, 6.45) is 4.39. The van der Waals surface area contributed by atoms with Gasteiger partial charge in [0, 0.05) is 58.0 Å². The molecule has 5 aromatic rings. The SMILES string of the molecule is COc1cc(-c2csc3c(/C=C/C(=O)NCCC(=O)O)cnc(N)c23)ccc1NC(=O)c1cc2ccccc2n1C. The number of nitrogens with two attached hydrogens (primary N) is 1. The summed E-state index contributed by atoms with van der Waals surface area (Å²) in [7, 11) is 3.39. The van der Waals surface area contributed by atoms with Crippen molar-refractivity contribution in [2.45, 2.75) is 6.42 Å². The number of pyridine rings is 1. The molecule has 0 aliphatic rings. The molecule has 0 bridgehead atoms. The van der Waals surface area contributed by atoms with E-state index >= 15 is 0 Å². The lowest BCUT2D eigenvalue weighted by molar-refractivity contribution is -0.136. The maximum Gasteiger partial charge on any atom is 0.305 e. The van der Waals surface area contributed by atoms with Crippen LogP contribution in [-0.2, 0) is 16.6 Å². The molecule has 2 aromatic carbocycles. The van der Waals surface area contributed by atoms with Crippen molar-refractivity contribution >= 4 is 67.7 Å². The Balaban J connectivity index is 1.41. The quantitative estimate of drug-likeness (QED) is 0.185. The monoisotopic (exact) mass is 569 g/mol. The van der Waals surface area contributed by atoms with Gasteiger partial charge in [0.25, 0.3) is 5.91 Å². The van der Waals surface area contributed by atoms with Crippen molar-refractivity contribution in [3.63, 3.8) is 0 Å². The number of thiophene rings is 1. The van der Waals surface area contributed by atoms with Gasteiger partial charge in [-0.05, 0) is 41.3 Å². The number of nitrogens with one attached hydrogen (secondary N) is 2. The summed E-state index contributed by atoms with van der Waals surface area (Å²) in [4.78, 5) is 40.2. The van der Waals surface area contributed by atoms with Crippen molar-refractivity contribution in [1.29, 1.82) is 0 Å². The summed E-state index contributed by atoms with van der Waals surface area (Å²) in [5, 5.41) is 17.9. The highest BCUT2D eigenvalue weighted by molar-refractivity contribution is 7.18. The molecule has 0 saturated carbocycles. The Morgan fingerprint density at radius 1 is 1.17 bits per heavy atom.